The maximum Gasteiger partial charge on any atom is 0.0936 e. The molecule has 0 aliphatic heterocycles. The van der Waals surface area contributed by atoms with Crippen LogP contribution in [-0.4, -0.2) is 23.9 Å². The molecule has 0 heterocycles. The van der Waals surface area contributed by atoms with Gasteiger partial charge in [-0.15, -0.1) is 0 Å². The van der Waals surface area contributed by atoms with Crippen LogP contribution in [0.1, 0.15) is 51.9 Å². The third-order valence-corrected chi connectivity index (χ3v) is 3.35. The van der Waals surface area contributed by atoms with Crippen molar-refractivity contribution in [1.29, 1.82) is 0 Å². The lowest BCUT2D eigenvalue weighted by molar-refractivity contribution is -0.112. The third-order valence-electron chi connectivity index (χ3n) is 3.35. The second-order valence-electron chi connectivity index (χ2n) is 4.11. The average Bonchev–Trinajstić information content (AvgIpc) is 2.42. The molecule has 13 heavy (non-hydrogen) atoms. The summed E-state index contributed by atoms with van der Waals surface area (Å²) in [5.74, 6) is 0. The predicted octanol–water partition coefficient (Wildman–Crippen LogP) is 2.50. The molecule has 0 aromatic carbocycles. The topological polar surface area (TPSA) is 29.5 Å². The van der Waals surface area contributed by atoms with Gasteiger partial charge in [-0.2, -0.15) is 0 Å². The van der Waals surface area contributed by atoms with E-state index in [9.17, 15) is 5.11 Å². The summed E-state index contributed by atoms with van der Waals surface area (Å²) in [7, 11) is 1.74. The number of aliphatic hydroxyl groups is 1. The van der Waals surface area contributed by atoms with Gasteiger partial charge in [-0.05, 0) is 19.3 Å². The number of methoxy groups -OCH3 is 1. The van der Waals surface area contributed by atoms with Crippen molar-refractivity contribution in [3.8, 4) is 0 Å². The van der Waals surface area contributed by atoms with Gasteiger partial charge in [0.1, 0.15) is 0 Å². The zero-order valence-electron chi connectivity index (χ0n) is 8.88. The van der Waals surface area contributed by atoms with Crippen LogP contribution in [0.15, 0.2) is 0 Å². The second kappa shape index (κ2) is 4.97. The lowest BCUT2D eigenvalue weighted by Gasteiger charge is -2.35. The molecule has 1 unspecified atom stereocenters. The van der Waals surface area contributed by atoms with Crippen LogP contribution < -0.4 is 0 Å². The number of rotatable bonds is 3. The molecule has 0 aromatic heterocycles. The Morgan fingerprint density at radius 3 is 2.15 bits per heavy atom. The Balaban J connectivity index is 2.64. The van der Waals surface area contributed by atoms with Crippen LogP contribution >= 0.6 is 0 Å². The smallest absolute Gasteiger partial charge is 0.0936 e. The molecule has 0 saturated heterocycles. The molecule has 2 heteroatoms. The van der Waals surface area contributed by atoms with Gasteiger partial charge in [0, 0.05) is 7.11 Å². The molecular formula is C11H22O2. The summed E-state index contributed by atoms with van der Waals surface area (Å²) in [6.45, 7) is 2.02. The van der Waals surface area contributed by atoms with Crippen molar-refractivity contribution in [1.82, 2.24) is 0 Å². The molecule has 1 aliphatic carbocycles. The predicted molar refractivity (Wildman–Crippen MR) is 53.7 cm³/mol. The first kappa shape index (κ1) is 11.0. The van der Waals surface area contributed by atoms with Gasteiger partial charge < -0.3 is 9.84 Å². The highest BCUT2D eigenvalue weighted by Gasteiger charge is 2.36. The van der Waals surface area contributed by atoms with Crippen molar-refractivity contribution in [3.63, 3.8) is 0 Å². The van der Waals surface area contributed by atoms with Crippen molar-refractivity contribution in [2.45, 2.75) is 63.6 Å². The minimum absolute atomic E-state index is 0.231. The molecule has 2 nitrogen and oxygen atoms in total. The van der Waals surface area contributed by atoms with E-state index in [1.807, 2.05) is 6.92 Å². The summed E-state index contributed by atoms with van der Waals surface area (Å²) in [5.41, 5.74) is -0.231. The van der Waals surface area contributed by atoms with Gasteiger partial charge in [0.05, 0.1) is 11.7 Å². The molecule has 1 saturated carbocycles. The van der Waals surface area contributed by atoms with Gasteiger partial charge in [0.2, 0.25) is 0 Å². The van der Waals surface area contributed by atoms with Crippen LogP contribution in [0, 0.1) is 0 Å². The van der Waals surface area contributed by atoms with E-state index in [-0.39, 0.29) is 11.7 Å². The van der Waals surface area contributed by atoms with Crippen molar-refractivity contribution in [2.75, 3.05) is 7.11 Å². The first-order valence-electron chi connectivity index (χ1n) is 5.48. The summed E-state index contributed by atoms with van der Waals surface area (Å²) in [6.07, 6.45) is 7.56. The Hall–Kier alpha value is -0.0800. The lowest BCUT2D eigenvalue weighted by Crippen LogP contribution is -2.43. The quantitative estimate of drug-likeness (QED) is 0.686. The van der Waals surface area contributed by atoms with Gasteiger partial charge in [-0.3, -0.25) is 0 Å². The average molecular weight is 186 g/mol. The summed E-state index contributed by atoms with van der Waals surface area (Å²) >= 11 is 0. The molecule has 0 aromatic rings. The zero-order valence-corrected chi connectivity index (χ0v) is 8.88. The van der Waals surface area contributed by atoms with Crippen molar-refractivity contribution < 1.29 is 9.84 Å². The highest BCUT2D eigenvalue weighted by atomic mass is 16.5. The maximum absolute atomic E-state index is 9.93. The van der Waals surface area contributed by atoms with Crippen molar-refractivity contribution in [2.24, 2.45) is 0 Å². The molecule has 0 bridgehead atoms. The fraction of sp³-hybridized carbons (Fsp3) is 1.00. The molecular weight excluding hydrogens is 164 g/mol. The van der Waals surface area contributed by atoms with E-state index in [0.29, 0.717) is 0 Å². The molecule has 0 amide bonds. The van der Waals surface area contributed by atoms with E-state index in [4.69, 9.17) is 4.74 Å². The normalized spacial score (nSPS) is 25.2. The molecule has 0 radical (unpaired) electrons. The maximum atomic E-state index is 9.93. The van der Waals surface area contributed by atoms with Gasteiger partial charge in [0.25, 0.3) is 0 Å². The molecule has 0 spiro atoms. The van der Waals surface area contributed by atoms with E-state index >= 15 is 0 Å². The Labute approximate surface area is 81.3 Å². The Bertz CT molecular complexity index is 137. The van der Waals surface area contributed by atoms with Gasteiger partial charge in [-0.1, -0.05) is 32.6 Å². The Morgan fingerprint density at radius 1 is 1.23 bits per heavy atom. The highest BCUT2D eigenvalue weighted by molar-refractivity contribution is 4.89. The van der Waals surface area contributed by atoms with Gasteiger partial charge >= 0.3 is 0 Å². The fourth-order valence-corrected chi connectivity index (χ4v) is 2.37. The summed E-state index contributed by atoms with van der Waals surface area (Å²) in [5, 5.41) is 9.93. The minimum atomic E-state index is -0.282. The van der Waals surface area contributed by atoms with E-state index in [2.05, 4.69) is 0 Å². The van der Waals surface area contributed by atoms with Crippen LogP contribution in [0.25, 0.3) is 0 Å². The Morgan fingerprint density at radius 2 is 1.77 bits per heavy atom. The lowest BCUT2D eigenvalue weighted by atomic mass is 9.87. The van der Waals surface area contributed by atoms with Crippen LogP contribution in [0.4, 0.5) is 0 Å². The highest BCUT2D eigenvalue weighted by Crippen LogP contribution is 2.33. The summed E-state index contributed by atoms with van der Waals surface area (Å²) in [4.78, 5) is 0. The van der Waals surface area contributed by atoms with Crippen LogP contribution in [0.5, 0.6) is 0 Å². The standard InChI is InChI=1S/C11H22O2/c1-3-10(12)11(13-2)8-6-4-5-7-9-11/h10,12H,3-9H2,1-2H3. The molecule has 1 aliphatic rings. The number of ether oxygens (including phenoxy) is 1. The van der Waals surface area contributed by atoms with Crippen molar-refractivity contribution >= 4 is 0 Å². The number of hydrogen-bond acceptors (Lipinski definition) is 2. The van der Waals surface area contributed by atoms with E-state index in [1.54, 1.807) is 7.11 Å². The van der Waals surface area contributed by atoms with Crippen LogP contribution in [0.2, 0.25) is 0 Å². The largest absolute Gasteiger partial charge is 0.390 e. The molecule has 1 rings (SSSR count). The van der Waals surface area contributed by atoms with E-state index < -0.39 is 0 Å². The SMILES string of the molecule is CCC(O)C1(OC)CCCCCC1. The minimum Gasteiger partial charge on any atom is -0.390 e. The first-order chi connectivity index (χ1) is 6.25. The second-order valence-corrected chi connectivity index (χ2v) is 4.11. The van der Waals surface area contributed by atoms with Gasteiger partial charge in [0.15, 0.2) is 0 Å². The van der Waals surface area contributed by atoms with Gasteiger partial charge in [-0.25, -0.2) is 0 Å². The third kappa shape index (κ3) is 2.44. The Kier molecular flexibility index (Phi) is 4.20. The van der Waals surface area contributed by atoms with Crippen LogP contribution in [0.3, 0.4) is 0 Å². The number of hydrogen-bond donors (Lipinski definition) is 1. The zero-order chi connectivity index (χ0) is 9.73. The van der Waals surface area contributed by atoms with E-state index in [1.165, 1.54) is 25.7 Å². The first-order valence-corrected chi connectivity index (χ1v) is 5.48. The van der Waals surface area contributed by atoms with Crippen molar-refractivity contribution in [3.05, 3.63) is 0 Å². The number of aliphatic hydroxyl groups excluding tert-OH is 1. The molecule has 78 valence electrons. The van der Waals surface area contributed by atoms with E-state index in [0.717, 1.165) is 19.3 Å². The fourth-order valence-electron chi connectivity index (χ4n) is 2.37. The molecule has 1 atom stereocenters. The monoisotopic (exact) mass is 186 g/mol. The summed E-state index contributed by atoms with van der Waals surface area (Å²) < 4.78 is 5.56. The summed E-state index contributed by atoms with van der Waals surface area (Å²) in [6, 6.07) is 0. The molecule has 1 fully saturated rings. The van der Waals surface area contributed by atoms with Crippen LogP contribution in [-0.2, 0) is 4.74 Å². The molecule has 1 N–H and O–H groups in total.